The summed E-state index contributed by atoms with van der Waals surface area (Å²) in [4.78, 5) is 33.1. The Morgan fingerprint density at radius 3 is 2.36 bits per heavy atom. The summed E-state index contributed by atoms with van der Waals surface area (Å²) in [6.45, 7) is 7.63. The maximum Gasteiger partial charge on any atom is 0.227 e. The van der Waals surface area contributed by atoms with Crippen molar-refractivity contribution in [3.05, 3.63) is 35.1 Å². The Morgan fingerprint density at radius 2 is 1.70 bits per heavy atom. The van der Waals surface area contributed by atoms with E-state index in [9.17, 15) is 14.0 Å². The molecule has 0 bridgehead atoms. The van der Waals surface area contributed by atoms with Gasteiger partial charge in [-0.3, -0.25) is 14.5 Å². The first-order valence-electron chi connectivity index (χ1n) is 12.5. The number of carbonyl (C=O) groups excluding carboxylic acids is 2. The predicted molar refractivity (Wildman–Crippen MR) is 125 cm³/mol. The van der Waals surface area contributed by atoms with Crippen LogP contribution in [0.3, 0.4) is 0 Å². The molecule has 0 aromatic heterocycles. The number of aryl methyl sites for hydroxylation is 1. The number of hydrogen-bond donors (Lipinski definition) is 0. The van der Waals surface area contributed by atoms with Crippen LogP contribution in [0.15, 0.2) is 18.2 Å². The Morgan fingerprint density at radius 1 is 1.00 bits per heavy atom. The number of piperidine rings is 1. The van der Waals surface area contributed by atoms with Gasteiger partial charge in [-0.1, -0.05) is 25.0 Å². The van der Waals surface area contributed by atoms with Crippen LogP contribution in [0, 0.1) is 24.6 Å². The fourth-order valence-electron chi connectivity index (χ4n) is 5.72. The molecule has 3 aliphatic rings. The fraction of sp³-hybridized carbons (Fsp3) is 0.692. The summed E-state index contributed by atoms with van der Waals surface area (Å²) in [6.07, 6.45) is 4.85. The molecule has 2 amide bonds. The van der Waals surface area contributed by atoms with Gasteiger partial charge in [0.1, 0.15) is 5.82 Å². The first-order valence-corrected chi connectivity index (χ1v) is 12.5. The fourth-order valence-corrected chi connectivity index (χ4v) is 5.72. The minimum atomic E-state index is -0.215. The molecule has 1 aromatic carbocycles. The van der Waals surface area contributed by atoms with E-state index >= 15 is 0 Å². The second-order valence-electron chi connectivity index (χ2n) is 10.0. The van der Waals surface area contributed by atoms with E-state index in [1.165, 1.54) is 6.07 Å². The molecule has 2 unspecified atom stereocenters. The zero-order chi connectivity index (χ0) is 23.4. The van der Waals surface area contributed by atoms with Crippen molar-refractivity contribution in [1.29, 1.82) is 0 Å². The molecule has 1 aromatic rings. The highest BCUT2D eigenvalue weighted by molar-refractivity contribution is 5.83. The van der Waals surface area contributed by atoms with Crippen LogP contribution >= 0.6 is 0 Å². The molecule has 2 atom stereocenters. The van der Waals surface area contributed by atoms with Crippen LogP contribution in [-0.4, -0.2) is 86.0 Å². The van der Waals surface area contributed by atoms with Gasteiger partial charge in [0.05, 0.1) is 12.5 Å². The monoisotopic (exact) mass is 459 g/mol. The first kappa shape index (κ1) is 24.1. The van der Waals surface area contributed by atoms with Gasteiger partial charge in [0.15, 0.2) is 0 Å². The average molecular weight is 460 g/mol. The van der Waals surface area contributed by atoms with Gasteiger partial charge in [-0.2, -0.15) is 0 Å². The molecule has 0 N–H and O–H groups in total. The number of benzene rings is 1. The first-order chi connectivity index (χ1) is 16.0. The molecule has 4 rings (SSSR count). The van der Waals surface area contributed by atoms with E-state index < -0.39 is 0 Å². The SMILES string of the molecule is COCCN1CCN(C(=O)C2CC(c3ccc(F)c(C)c3)CN(C(=O)C3CCCC3)C2)CC1. The molecule has 182 valence electrons. The number of halogens is 1. The number of amides is 2. The molecule has 0 radical (unpaired) electrons. The van der Waals surface area contributed by atoms with Crippen LogP contribution in [0.1, 0.15) is 49.1 Å². The van der Waals surface area contributed by atoms with Crippen molar-refractivity contribution in [2.24, 2.45) is 11.8 Å². The van der Waals surface area contributed by atoms with Crippen LogP contribution in [-0.2, 0) is 14.3 Å². The summed E-state index contributed by atoms with van der Waals surface area (Å²) in [6, 6.07) is 5.23. The van der Waals surface area contributed by atoms with Crippen LogP contribution in [0.5, 0.6) is 0 Å². The second-order valence-corrected chi connectivity index (χ2v) is 10.0. The second kappa shape index (κ2) is 11.0. The lowest BCUT2D eigenvalue weighted by atomic mass is 9.82. The number of nitrogens with zero attached hydrogens (tertiary/aromatic N) is 3. The Balaban J connectivity index is 1.47. The predicted octanol–water partition coefficient (Wildman–Crippen LogP) is 3.05. The number of hydrogen-bond acceptors (Lipinski definition) is 4. The summed E-state index contributed by atoms with van der Waals surface area (Å²) >= 11 is 0. The van der Waals surface area contributed by atoms with Crippen LogP contribution in [0.2, 0.25) is 0 Å². The molecule has 2 saturated heterocycles. The van der Waals surface area contributed by atoms with E-state index in [1.807, 2.05) is 21.9 Å². The standard InChI is InChI=1S/C26H38FN3O3/c1-19-15-21(7-8-24(19)27)22-16-23(18-30(17-22)25(31)20-5-3-4-6-20)26(32)29-11-9-28(10-12-29)13-14-33-2/h7-8,15,20,22-23H,3-6,9-14,16-18H2,1-2H3. The van der Waals surface area contributed by atoms with E-state index in [4.69, 9.17) is 4.74 Å². The van der Waals surface area contributed by atoms with E-state index in [0.29, 0.717) is 31.7 Å². The number of carbonyl (C=O) groups is 2. The van der Waals surface area contributed by atoms with Crippen molar-refractivity contribution in [1.82, 2.24) is 14.7 Å². The van der Waals surface area contributed by atoms with Crippen molar-refractivity contribution < 1.29 is 18.7 Å². The minimum absolute atomic E-state index is 0.0559. The van der Waals surface area contributed by atoms with Crippen molar-refractivity contribution in [3.8, 4) is 0 Å². The third-order valence-corrected chi connectivity index (χ3v) is 7.76. The Kier molecular flexibility index (Phi) is 8.02. The number of methoxy groups -OCH3 is 1. The number of ether oxygens (including phenoxy) is 1. The highest BCUT2D eigenvalue weighted by Crippen LogP contribution is 2.35. The lowest BCUT2D eigenvalue weighted by Gasteiger charge is -2.42. The highest BCUT2D eigenvalue weighted by Gasteiger charge is 2.39. The average Bonchev–Trinajstić information content (AvgIpc) is 3.38. The molecule has 3 fully saturated rings. The summed E-state index contributed by atoms with van der Waals surface area (Å²) < 4.78 is 19.1. The Hall–Kier alpha value is -1.99. The molecular formula is C26H38FN3O3. The van der Waals surface area contributed by atoms with Crippen LogP contribution in [0.4, 0.5) is 4.39 Å². The Bertz CT molecular complexity index is 834. The summed E-state index contributed by atoms with van der Waals surface area (Å²) in [5.74, 6) is 0.101. The number of rotatable bonds is 6. The molecule has 7 heteroatoms. The van der Waals surface area contributed by atoms with Crippen LogP contribution in [0.25, 0.3) is 0 Å². The molecule has 0 spiro atoms. The maximum atomic E-state index is 13.9. The third-order valence-electron chi connectivity index (χ3n) is 7.76. The van der Waals surface area contributed by atoms with Gasteiger partial charge >= 0.3 is 0 Å². The van der Waals surface area contributed by atoms with Gasteiger partial charge in [-0.15, -0.1) is 0 Å². The quantitative estimate of drug-likeness (QED) is 0.656. The lowest BCUT2D eigenvalue weighted by Crippen LogP contribution is -2.54. The van der Waals surface area contributed by atoms with E-state index in [2.05, 4.69) is 4.90 Å². The van der Waals surface area contributed by atoms with Gasteiger partial charge in [-0.25, -0.2) is 4.39 Å². The maximum absolute atomic E-state index is 13.9. The minimum Gasteiger partial charge on any atom is -0.383 e. The van der Waals surface area contributed by atoms with Gasteiger partial charge in [-0.05, 0) is 43.4 Å². The molecular weight excluding hydrogens is 421 g/mol. The van der Waals surface area contributed by atoms with Crippen molar-refractivity contribution in [3.63, 3.8) is 0 Å². The largest absolute Gasteiger partial charge is 0.383 e. The van der Waals surface area contributed by atoms with E-state index in [1.54, 1.807) is 14.0 Å². The van der Waals surface area contributed by atoms with E-state index in [-0.39, 0.29) is 35.4 Å². The summed E-state index contributed by atoms with van der Waals surface area (Å²) in [5, 5.41) is 0. The molecule has 33 heavy (non-hydrogen) atoms. The van der Waals surface area contributed by atoms with E-state index in [0.717, 1.165) is 64.0 Å². The van der Waals surface area contributed by atoms with Gasteiger partial charge in [0.25, 0.3) is 0 Å². The Labute approximate surface area is 197 Å². The number of piperazine rings is 1. The molecule has 2 aliphatic heterocycles. The van der Waals surface area contributed by atoms with Gasteiger partial charge in [0.2, 0.25) is 11.8 Å². The molecule has 6 nitrogen and oxygen atoms in total. The number of likely N-dealkylation sites (tertiary alicyclic amines) is 1. The normalized spacial score (nSPS) is 24.9. The highest BCUT2D eigenvalue weighted by atomic mass is 19.1. The van der Waals surface area contributed by atoms with Crippen molar-refractivity contribution in [2.75, 3.05) is 59.5 Å². The van der Waals surface area contributed by atoms with Crippen LogP contribution < -0.4 is 0 Å². The van der Waals surface area contributed by atoms with Crippen molar-refractivity contribution in [2.45, 2.75) is 44.9 Å². The lowest BCUT2D eigenvalue weighted by molar-refractivity contribution is -0.144. The smallest absolute Gasteiger partial charge is 0.227 e. The van der Waals surface area contributed by atoms with Crippen molar-refractivity contribution >= 4 is 11.8 Å². The van der Waals surface area contributed by atoms with Gasteiger partial charge < -0.3 is 14.5 Å². The molecule has 2 heterocycles. The summed E-state index contributed by atoms with van der Waals surface area (Å²) in [7, 11) is 1.71. The topological polar surface area (TPSA) is 53.1 Å². The third kappa shape index (κ3) is 5.75. The molecule has 1 saturated carbocycles. The summed E-state index contributed by atoms with van der Waals surface area (Å²) in [5.41, 5.74) is 1.64. The zero-order valence-corrected chi connectivity index (χ0v) is 20.1. The zero-order valence-electron chi connectivity index (χ0n) is 20.1. The van der Waals surface area contributed by atoms with Gasteiger partial charge in [0, 0.05) is 64.8 Å². The molecule has 1 aliphatic carbocycles.